The number of hydrogen-bond acceptors (Lipinski definition) is 7. The van der Waals surface area contributed by atoms with E-state index in [-0.39, 0.29) is 17.4 Å². The van der Waals surface area contributed by atoms with Crippen LogP contribution in [0.15, 0.2) is 73.3 Å². The van der Waals surface area contributed by atoms with E-state index in [4.69, 9.17) is 15.2 Å². The summed E-state index contributed by atoms with van der Waals surface area (Å²) < 4.78 is 29.2. The van der Waals surface area contributed by atoms with Gasteiger partial charge in [-0.25, -0.2) is 9.37 Å². The first kappa shape index (κ1) is 26.8. The lowest BCUT2D eigenvalue weighted by Gasteiger charge is -2.16. The summed E-state index contributed by atoms with van der Waals surface area (Å²) in [6, 6.07) is 14.4. The molecule has 2 aromatic carbocycles. The van der Waals surface area contributed by atoms with Gasteiger partial charge in [0.05, 0.1) is 39.9 Å². The largest absolute Gasteiger partial charge is 0.495 e. The van der Waals surface area contributed by atoms with Crippen LogP contribution in [0.4, 0.5) is 10.1 Å². The highest BCUT2D eigenvalue weighted by Gasteiger charge is 2.28. The number of methoxy groups -OCH3 is 1. The quantitative estimate of drug-likeness (QED) is 0.217. The molecular formula is C29H26FN5O4S. The number of aromatic nitrogens is 3. The van der Waals surface area contributed by atoms with Crippen molar-refractivity contribution in [1.29, 1.82) is 0 Å². The molecule has 5 rings (SSSR count). The van der Waals surface area contributed by atoms with Gasteiger partial charge in [0.15, 0.2) is 11.6 Å². The second kappa shape index (κ2) is 11.1. The summed E-state index contributed by atoms with van der Waals surface area (Å²) in [6.07, 6.45) is 5.33. The number of halogens is 1. The molecule has 0 radical (unpaired) electrons. The van der Waals surface area contributed by atoms with Gasteiger partial charge in [0, 0.05) is 24.5 Å². The number of pyridine rings is 1. The van der Waals surface area contributed by atoms with E-state index in [1.807, 2.05) is 16.8 Å². The molecule has 9 nitrogen and oxygen atoms in total. The zero-order valence-electron chi connectivity index (χ0n) is 21.9. The van der Waals surface area contributed by atoms with Gasteiger partial charge in [0.1, 0.15) is 17.4 Å². The van der Waals surface area contributed by atoms with Gasteiger partial charge in [-0.15, -0.1) is 11.3 Å². The van der Waals surface area contributed by atoms with Crippen molar-refractivity contribution in [3.63, 3.8) is 0 Å². The predicted molar refractivity (Wildman–Crippen MR) is 151 cm³/mol. The van der Waals surface area contributed by atoms with Crippen LogP contribution in [0.3, 0.4) is 0 Å². The topological polar surface area (TPSA) is 121 Å². The third-order valence-electron chi connectivity index (χ3n) is 6.25. The summed E-state index contributed by atoms with van der Waals surface area (Å²) in [5, 5.41) is 2.63. The lowest BCUT2D eigenvalue weighted by molar-refractivity contribution is -0.127. The molecule has 3 aromatic heterocycles. The van der Waals surface area contributed by atoms with E-state index < -0.39 is 23.5 Å². The van der Waals surface area contributed by atoms with Crippen molar-refractivity contribution in [2.75, 3.05) is 12.4 Å². The third kappa shape index (κ3) is 5.36. The van der Waals surface area contributed by atoms with Gasteiger partial charge in [-0.2, -0.15) is 0 Å². The SMILES string of the molecule is COc1ccccc1NC(=O)C(C(N)=O)c1ccc(Oc2ccnc3cc(-c4cn(C(C)C)cn4)sc23)c(F)c1. The molecule has 0 spiro atoms. The lowest BCUT2D eigenvalue weighted by Crippen LogP contribution is -2.32. The molecule has 2 amide bonds. The van der Waals surface area contributed by atoms with Crippen molar-refractivity contribution in [3.05, 3.63) is 84.7 Å². The fourth-order valence-corrected chi connectivity index (χ4v) is 5.19. The summed E-state index contributed by atoms with van der Waals surface area (Å²) >= 11 is 1.44. The first-order valence-electron chi connectivity index (χ1n) is 12.4. The van der Waals surface area contributed by atoms with Gasteiger partial charge in [-0.05, 0) is 49.7 Å². The predicted octanol–water partition coefficient (Wildman–Crippen LogP) is 5.89. The molecule has 204 valence electrons. The maximum Gasteiger partial charge on any atom is 0.241 e. The second-order valence-electron chi connectivity index (χ2n) is 9.25. The number of nitrogens with one attached hydrogen (secondary N) is 1. The number of rotatable bonds is 9. The van der Waals surface area contributed by atoms with E-state index in [1.165, 1.54) is 30.6 Å². The minimum atomic E-state index is -1.44. The lowest BCUT2D eigenvalue weighted by atomic mass is 9.97. The molecule has 1 atom stereocenters. The van der Waals surface area contributed by atoms with Crippen LogP contribution in [0.1, 0.15) is 31.4 Å². The van der Waals surface area contributed by atoms with Crippen molar-refractivity contribution < 1.29 is 23.5 Å². The van der Waals surface area contributed by atoms with Gasteiger partial charge in [0.25, 0.3) is 0 Å². The molecule has 0 saturated carbocycles. The molecule has 0 aliphatic heterocycles. The van der Waals surface area contributed by atoms with Crippen molar-refractivity contribution in [2.24, 2.45) is 5.73 Å². The molecule has 11 heteroatoms. The number of para-hydroxylation sites is 2. The summed E-state index contributed by atoms with van der Waals surface area (Å²) in [5.74, 6) is -3.10. The van der Waals surface area contributed by atoms with Crippen molar-refractivity contribution >= 4 is 39.1 Å². The van der Waals surface area contributed by atoms with Crippen LogP contribution in [0.25, 0.3) is 20.8 Å². The monoisotopic (exact) mass is 559 g/mol. The average molecular weight is 560 g/mol. The van der Waals surface area contributed by atoms with Crippen LogP contribution < -0.4 is 20.5 Å². The van der Waals surface area contributed by atoms with E-state index in [2.05, 4.69) is 29.1 Å². The normalized spacial score (nSPS) is 11.9. The summed E-state index contributed by atoms with van der Waals surface area (Å²) in [4.78, 5) is 35.0. The van der Waals surface area contributed by atoms with E-state index in [1.54, 1.807) is 42.9 Å². The van der Waals surface area contributed by atoms with Crippen LogP contribution in [0, 0.1) is 5.82 Å². The number of primary amides is 1. The zero-order chi connectivity index (χ0) is 28.4. The van der Waals surface area contributed by atoms with Gasteiger partial charge < -0.3 is 25.1 Å². The Balaban J connectivity index is 1.40. The molecule has 0 aliphatic carbocycles. The highest BCUT2D eigenvalue weighted by molar-refractivity contribution is 7.22. The number of carbonyl (C=O) groups is 2. The van der Waals surface area contributed by atoms with E-state index in [0.29, 0.717) is 22.7 Å². The Bertz CT molecular complexity index is 1710. The number of carbonyl (C=O) groups excluding carboxylic acids is 2. The first-order chi connectivity index (χ1) is 19.2. The molecule has 0 saturated heterocycles. The zero-order valence-corrected chi connectivity index (χ0v) is 22.7. The van der Waals surface area contributed by atoms with Crippen LogP contribution in [-0.2, 0) is 9.59 Å². The smallest absolute Gasteiger partial charge is 0.241 e. The molecule has 3 heterocycles. The second-order valence-corrected chi connectivity index (χ2v) is 10.3. The van der Waals surface area contributed by atoms with Crippen molar-refractivity contribution in [1.82, 2.24) is 14.5 Å². The summed E-state index contributed by atoms with van der Waals surface area (Å²) in [5.41, 5.74) is 7.48. The minimum Gasteiger partial charge on any atom is -0.495 e. The molecule has 1 unspecified atom stereocenters. The van der Waals surface area contributed by atoms with Gasteiger partial charge >= 0.3 is 0 Å². The Hall–Kier alpha value is -4.77. The standard InChI is InChI=1S/C29H26FN5O4S/c1-16(2)35-14-21(33-15-35)25-13-20-27(40-25)24(10-11-32-20)39-22-9-8-17(12-18(22)30)26(28(31)36)29(37)34-19-6-4-5-7-23(19)38-3/h4-16,26H,1-3H3,(H2,31,36)(H,34,37). The molecular weight excluding hydrogens is 533 g/mol. The van der Waals surface area contributed by atoms with E-state index in [9.17, 15) is 9.59 Å². The summed E-state index contributed by atoms with van der Waals surface area (Å²) in [7, 11) is 1.46. The Morgan fingerprint density at radius 3 is 2.55 bits per heavy atom. The summed E-state index contributed by atoms with van der Waals surface area (Å²) in [6.45, 7) is 4.14. The first-order valence-corrected chi connectivity index (χ1v) is 13.2. The number of nitrogens with two attached hydrogens (primary N) is 1. The molecule has 0 fully saturated rings. The number of amides is 2. The number of imidazole rings is 1. The number of nitrogens with zero attached hydrogens (tertiary/aromatic N) is 3. The van der Waals surface area contributed by atoms with Crippen LogP contribution in [0.5, 0.6) is 17.2 Å². The third-order valence-corrected chi connectivity index (χ3v) is 7.41. The fraction of sp³-hybridized carbons (Fsp3) is 0.172. The van der Waals surface area contributed by atoms with Gasteiger partial charge in [0.2, 0.25) is 11.8 Å². The Morgan fingerprint density at radius 2 is 1.85 bits per heavy atom. The number of thiophene rings is 1. The Labute approximate surface area is 233 Å². The van der Waals surface area contributed by atoms with E-state index >= 15 is 4.39 Å². The Morgan fingerprint density at radius 1 is 1.05 bits per heavy atom. The molecule has 5 aromatic rings. The molecule has 0 bridgehead atoms. The number of hydrogen-bond donors (Lipinski definition) is 2. The maximum absolute atomic E-state index is 15.3. The number of anilines is 1. The number of ether oxygens (including phenoxy) is 2. The average Bonchev–Trinajstić information content (AvgIpc) is 3.59. The van der Waals surface area contributed by atoms with Crippen molar-refractivity contribution in [3.8, 4) is 27.8 Å². The fourth-order valence-electron chi connectivity index (χ4n) is 4.16. The van der Waals surface area contributed by atoms with Crippen LogP contribution >= 0.6 is 11.3 Å². The molecule has 3 N–H and O–H groups in total. The van der Waals surface area contributed by atoms with Crippen molar-refractivity contribution in [2.45, 2.75) is 25.8 Å². The van der Waals surface area contributed by atoms with E-state index in [0.717, 1.165) is 21.3 Å². The van der Waals surface area contributed by atoms with Crippen LogP contribution in [-0.4, -0.2) is 33.5 Å². The highest BCUT2D eigenvalue weighted by Crippen LogP contribution is 2.39. The Kier molecular flexibility index (Phi) is 7.47. The van der Waals surface area contributed by atoms with Gasteiger partial charge in [-0.3, -0.25) is 14.6 Å². The van der Waals surface area contributed by atoms with Crippen LogP contribution in [0.2, 0.25) is 0 Å². The minimum absolute atomic E-state index is 0.0800. The highest BCUT2D eigenvalue weighted by atomic mass is 32.1. The van der Waals surface area contributed by atoms with Gasteiger partial charge in [-0.1, -0.05) is 18.2 Å². The molecule has 0 aliphatic rings. The molecule has 40 heavy (non-hydrogen) atoms. The number of benzene rings is 2. The number of fused-ring (bicyclic) bond motifs is 1. The maximum atomic E-state index is 15.3.